The van der Waals surface area contributed by atoms with Crippen LogP contribution in [-0.4, -0.2) is 13.3 Å². The van der Waals surface area contributed by atoms with Crippen LogP contribution in [-0.2, 0) is 15.2 Å². The standard InChI is InChI=1S/C8H2ClF3N2O4S/c9-19(17,18)5-1-4(3-13)7(8(10,11)12)6(2-5)14(15)16/h1-2H. The Morgan fingerprint density at radius 3 is 2.21 bits per heavy atom. The highest BCUT2D eigenvalue weighted by Crippen LogP contribution is 2.40. The minimum absolute atomic E-state index is 0.159. The molecule has 102 valence electrons. The SMILES string of the molecule is N#Cc1cc(S(=O)(=O)Cl)cc([N+](=O)[O-])c1C(F)(F)F. The normalized spacial score (nSPS) is 11.9. The first-order valence-electron chi connectivity index (χ1n) is 4.23. The van der Waals surface area contributed by atoms with Gasteiger partial charge in [0.2, 0.25) is 0 Å². The monoisotopic (exact) mass is 314 g/mol. The van der Waals surface area contributed by atoms with E-state index in [9.17, 15) is 31.7 Å². The molecule has 19 heavy (non-hydrogen) atoms. The number of nitriles is 1. The molecule has 0 spiro atoms. The molecule has 1 rings (SSSR count). The molecule has 0 fully saturated rings. The first kappa shape index (κ1) is 15.2. The van der Waals surface area contributed by atoms with Crippen molar-refractivity contribution in [2.45, 2.75) is 11.1 Å². The molecule has 11 heteroatoms. The Hall–Kier alpha value is -1.86. The summed E-state index contributed by atoms with van der Waals surface area (Å²) in [6.45, 7) is 0. The number of nitrogens with zero attached hydrogens (tertiary/aromatic N) is 2. The molecule has 0 N–H and O–H groups in total. The van der Waals surface area contributed by atoms with Crippen LogP contribution in [0.1, 0.15) is 11.1 Å². The second-order valence-electron chi connectivity index (χ2n) is 3.17. The third kappa shape index (κ3) is 3.12. The largest absolute Gasteiger partial charge is 0.424 e. The van der Waals surface area contributed by atoms with Crippen LogP contribution >= 0.6 is 10.7 Å². The second kappa shape index (κ2) is 4.67. The number of hydrogen-bond acceptors (Lipinski definition) is 5. The number of alkyl halides is 3. The van der Waals surface area contributed by atoms with Gasteiger partial charge in [-0.1, -0.05) is 0 Å². The van der Waals surface area contributed by atoms with Crippen LogP contribution in [0.25, 0.3) is 0 Å². The van der Waals surface area contributed by atoms with Crippen molar-refractivity contribution in [3.05, 3.63) is 33.4 Å². The third-order valence-electron chi connectivity index (χ3n) is 1.97. The van der Waals surface area contributed by atoms with Gasteiger partial charge >= 0.3 is 6.18 Å². The van der Waals surface area contributed by atoms with Crippen molar-refractivity contribution in [2.75, 3.05) is 0 Å². The van der Waals surface area contributed by atoms with Crippen molar-refractivity contribution >= 4 is 25.4 Å². The summed E-state index contributed by atoms with van der Waals surface area (Å²) in [5.41, 5.74) is -4.56. The summed E-state index contributed by atoms with van der Waals surface area (Å²) in [5, 5.41) is 19.1. The zero-order chi connectivity index (χ0) is 15.0. The molecular weight excluding hydrogens is 313 g/mol. The molecule has 0 unspecified atom stereocenters. The molecule has 0 amide bonds. The topological polar surface area (TPSA) is 101 Å². The number of nitro benzene ring substituents is 1. The molecule has 1 aromatic rings. The summed E-state index contributed by atoms with van der Waals surface area (Å²) in [5.74, 6) is 0. The number of rotatable bonds is 2. The zero-order valence-electron chi connectivity index (χ0n) is 8.60. The molecule has 0 aromatic heterocycles. The van der Waals surface area contributed by atoms with Gasteiger partial charge in [-0.25, -0.2) is 8.42 Å². The van der Waals surface area contributed by atoms with Gasteiger partial charge in [-0.2, -0.15) is 18.4 Å². The Labute approximate surface area is 108 Å². The fourth-order valence-electron chi connectivity index (χ4n) is 1.27. The van der Waals surface area contributed by atoms with Gasteiger partial charge in [0.1, 0.15) is 6.07 Å². The Morgan fingerprint density at radius 1 is 1.37 bits per heavy atom. The Morgan fingerprint density at radius 2 is 1.89 bits per heavy atom. The predicted molar refractivity (Wildman–Crippen MR) is 55.9 cm³/mol. The van der Waals surface area contributed by atoms with Crippen LogP contribution in [0.2, 0.25) is 0 Å². The van der Waals surface area contributed by atoms with Crippen molar-refractivity contribution in [1.29, 1.82) is 5.26 Å². The van der Waals surface area contributed by atoms with Gasteiger partial charge < -0.3 is 0 Å². The Bertz CT molecular complexity index is 693. The number of hydrogen-bond donors (Lipinski definition) is 0. The minimum Gasteiger partial charge on any atom is -0.258 e. The van der Waals surface area contributed by atoms with Crippen molar-refractivity contribution in [3.8, 4) is 6.07 Å². The molecular formula is C8H2ClF3N2O4S. The molecule has 0 aliphatic carbocycles. The second-order valence-corrected chi connectivity index (χ2v) is 5.74. The summed E-state index contributed by atoms with van der Waals surface area (Å²) < 4.78 is 59.9. The van der Waals surface area contributed by atoms with Gasteiger partial charge in [-0.15, -0.1) is 0 Å². The number of nitro groups is 1. The quantitative estimate of drug-likeness (QED) is 0.474. The minimum atomic E-state index is -5.18. The highest BCUT2D eigenvalue weighted by Gasteiger charge is 2.42. The van der Waals surface area contributed by atoms with Crippen LogP contribution in [0.4, 0.5) is 18.9 Å². The molecule has 0 heterocycles. The molecule has 0 atom stereocenters. The lowest BCUT2D eigenvalue weighted by molar-refractivity contribution is -0.388. The Balaban J connectivity index is 3.86. The van der Waals surface area contributed by atoms with Crippen LogP contribution in [0.15, 0.2) is 17.0 Å². The average Bonchev–Trinajstić information content (AvgIpc) is 2.24. The van der Waals surface area contributed by atoms with Gasteiger partial charge in [0.25, 0.3) is 14.7 Å². The van der Waals surface area contributed by atoms with E-state index in [0.29, 0.717) is 6.07 Å². The molecule has 6 nitrogen and oxygen atoms in total. The van der Waals surface area contributed by atoms with E-state index in [-0.39, 0.29) is 6.07 Å². The molecule has 0 saturated carbocycles. The van der Waals surface area contributed by atoms with Gasteiger partial charge in [-0.3, -0.25) is 10.1 Å². The average molecular weight is 315 g/mol. The fourth-order valence-corrected chi connectivity index (χ4v) is 2.05. The third-order valence-corrected chi connectivity index (χ3v) is 3.31. The van der Waals surface area contributed by atoms with Crippen LogP contribution in [0, 0.1) is 21.4 Å². The summed E-state index contributed by atoms with van der Waals surface area (Å²) in [7, 11) is 0.385. The van der Waals surface area contributed by atoms with Gasteiger partial charge in [0, 0.05) is 16.7 Å². The highest BCUT2D eigenvalue weighted by molar-refractivity contribution is 8.13. The van der Waals surface area contributed by atoms with Crippen LogP contribution in [0.5, 0.6) is 0 Å². The summed E-state index contributed by atoms with van der Waals surface area (Å²) >= 11 is 0. The fraction of sp³-hybridized carbons (Fsp3) is 0.125. The van der Waals surface area contributed by atoms with Gasteiger partial charge in [0.05, 0.1) is 15.4 Å². The maximum absolute atomic E-state index is 12.6. The summed E-state index contributed by atoms with van der Waals surface area (Å²) in [6, 6.07) is 1.55. The van der Waals surface area contributed by atoms with Crippen molar-refractivity contribution < 1.29 is 26.5 Å². The number of halogens is 4. The van der Waals surface area contributed by atoms with Gasteiger partial charge in [0.15, 0.2) is 5.56 Å². The van der Waals surface area contributed by atoms with Crippen molar-refractivity contribution in [1.82, 2.24) is 0 Å². The van der Waals surface area contributed by atoms with E-state index in [1.807, 2.05) is 0 Å². The summed E-state index contributed by atoms with van der Waals surface area (Å²) in [4.78, 5) is 8.19. The van der Waals surface area contributed by atoms with E-state index in [1.165, 1.54) is 0 Å². The molecule has 0 radical (unpaired) electrons. The molecule has 0 aliphatic heterocycles. The first-order valence-corrected chi connectivity index (χ1v) is 6.54. The smallest absolute Gasteiger partial charge is 0.258 e. The van der Waals surface area contributed by atoms with Crippen molar-refractivity contribution in [3.63, 3.8) is 0 Å². The number of benzene rings is 1. The maximum Gasteiger partial charge on any atom is 0.424 e. The lowest BCUT2D eigenvalue weighted by Gasteiger charge is -2.10. The lowest BCUT2D eigenvalue weighted by Crippen LogP contribution is -2.12. The lowest BCUT2D eigenvalue weighted by atomic mass is 10.1. The first-order chi connectivity index (χ1) is 8.48. The predicted octanol–water partition coefficient (Wildman–Crippen LogP) is 2.41. The zero-order valence-corrected chi connectivity index (χ0v) is 10.2. The van der Waals surface area contributed by atoms with Crippen molar-refractivity contribution in [2.24, 2.45) is 0 Å². The van der Waals surface area contributed by atoms with Gasteiger partial charge in [-0.05, 0) is 6.07 Å². The van der Waals surface area contributed by atoms with Crippen LogP contribution in [0.3, 0.4) is 0 Å². The Kier molecular flexibility index (Phi) is 3.74. The molecule has 1 aromatic carbocycles. The van der Waals surface area contributed by atoms with E-state index < -0.39 is 41.9 Å². The molecule has 0 bridgehead atoms. The van der Waals surface area contributed by atoms with E-state index in [0.717, 1.165) is 6.07 Å². The van der Waals surface area contributed by atoms with E-state index in [2.05, 4.69) is 0 Å². The maximum atomic E-state index is 12.6. The van der Waals surface area contributed by atoms with Crippen LogP contribution < -0.4 is 0 Å². The molecule has 0 aliphatic rings. The van der Waals surface area contributed by atoms with E-state index in [1.54, 1.807) is 0 Å². The highest BCUT2D eigenvalue weighted by atomic mass is 35.7. The molecule has 0 saturated heterocycles. The van der Waals surface area contributed by atoms with E-state index >= 15 is 0 Å². The van der Waals surface area contributed by atoms with E-state index in [4.69, 9.17) is 15.9 Å². The summed E-state index contributed by atoms with van der Waals surface area (Å²) in [6.07, 6.45) is -5.18.